The van der Waals surface area contributed by atoms with Gasteiger partial charge in [-0.3, -0.25) is 19.3 Å². The van der Waals surface area contributed by atoms with Crippen molar-refractivity contribution in [2.24, 2.45) is 19.5 Å². The van der Waals surface area contributed by atoms with Gasteiger partial charge in [0.05, 0.1) is 0 Å². The fourth-order valence-electron chi connectivity index (χ4n) is 7.08. The number of hydrogen-bond acceptors (Lipinski definition) is 12. The van der Waals surface area contributed by atoms with Gasteiger partial charge in [0, 0.05) is 67.1 Å². The van der Waals surface area contributed by atoms with Gasteiger partial charge in [-0.05, 0) is 89.8 Å². The molecule has 1 aliphatic carbocycles. The third-order valence-electron chi connectivity index (χ3n) is 9.45. The Labute approximate surface area is 328 Å². The van der Waals surface area contributed by atoms with Crippen molar-refractivity contribution in [1.82, 2.24) is 39.1 Å². The molecule has 0 spiro atoms. The van der Waals surface area contributed by atoms with E-state index in [0.717, 1.165) is 56.3 Å². The number of pyridine rings is 3. The minimum atomic E-state index is -0.155. The van der Waals surface area contributed by atoms with Crippen LogP contribution in [-0.2, 0) is 39.9 Å². The number of amides is 1. The van der Waals surface area contributed by atoms with Crippen LogP contribution in [0.25, 0.3) is 11.1 Å². The second kappa shape index (κ2) is 14.7. The van der Waals surface area contributed by atoms with E-state index in [0.29, 0.717) is 40.4 Å². The SMILES string of the molecule is CCc1c(-c2cc(Nc3nnc(C)s3)c(=O)n(C)c2)ccnc1N1CCn2c(cc3c2CC(C)(C)C3)C1=O.Cc1nnc(Nc2cc(Br)cn(C)c2=O)s1. The highest BCUT2D eigenvalue weighted by molar-refractivity contribution is 9.10. The van der Waals surface area contributed by atoms with Gasteiger partial charge in [0.2, 0.25) is 10.3 Å². The predicted octanol–water partition coefficient (Wildman–Crippen LogP) is 6.55. The van der Waals surface area contributed by atoms with Crippen LogP contribution in [0.4, 0.5) is 27.5 Å². The maximum Gasteiger partial charge on any atom is 0.276 e. The number of anilines is 5. The van der Waals surface area contributed by atoms with Crippen LogP contribution < -0.4 is 26.7 Å². The summed E-state index contributed by atoms with van der Waals surface area (Å²) in [5.74, 6) is 0.684. The molecule has 6 aromatic rings. The lowest BCUT2D eigenvalue weighted by Gasteiger charge is -2.31. The molecule has 8 rings (SSSR count). The highest BCUT2D eigenvalue weighted by Crippen LogP contribution is 2.40. The summed E-state index contributed by atoms with van der Waals surface area (Å²) in [7, 11) is 3.43. The van der Waals surface area contributed by atoms with Crippen molar-refractivity contribution in [2.45, 2.75) is 60.4 Å². The molecule has 0 aromatic carbocycles. The van der Waals surface area contributed by atoms with Crippen molar-refractivity contribution in [3.05, 3.63) is 101 Å². The zero-order valence-corrected chi connectivity index (χ0v) is 34.2. The lowest BCUT2D eigenvalue weighted by Crippen LogP contribution is -2.41. The van der Waals surface area contributed by atoms with Crippen LogP contribution in [-0.4, -0.2) is 51.5 Å². The van der Waals surface area contributed by atoms with Crippen LogP contribution in [0.15, 0.2) is 56.9 Å². The molecule has 0 bridgehead atoms. The number of halogens is 1. The number of carbonyl (C=O) groups is 1. The van der Waals surface area contributed by atoms with Crippen molar-refractivity contribution in [1.29, 1.82) is 0 Å². The fourth-order valence-corrected chi connectivity index (χ4v) is 8.82. The molecule has 14 nitrogen and oxygen atoms in total. The Hall–Kier alpha value is -5.00. The summed E-state index contributed by atoms with van der Waals surface area (Å²) in [5, 5.41) is 24.9. The standard InChI is InChI=1S/C28H31N7O2S.C9H9BrN4OS/c1-6-19-20(18-11-21(25(36)33(5)15-18)30-27-32-31-16(2)38-27)7-8-29-24(19)35-10-9-34-22(26(35)37)12-17-13-28(3,4)14-23(17)34;1-5-12-13-9(16-5)11-7-3-6(10)4-14(2)8(7)15/h7-8,11-12,15H,6,9-10,13-14H2,1-5H3,(H,30,32);3-4H,1-2H3,(H,11,13). The molecule has 1 aliphatic heterocycles. The van der Waals surface area contributed by atoms with E-state index in [1.807, 2.05) is 37.1 Å². The van der Waals surface area contributed by atoms with Crippen molar-refractivity contribution in [3.8, 4) is 11.1 Å². The summed E-state index contributed by atoms with van der Waals surface area (Å²) >= 11 is 6.13. The number of aromatic nitrogens is 8. The quantitative estimate of drug-likeness (QED) is 0.181. The van der Waals surface area contributed by atoms with Crippen molar-refractivity contribution in [3.63, 3.8) is 0 Å². The van der Waals surface area contributed by atoms with E-state index in [4.69, 9.17) is 4.98 Å². The number of nitrogens with zero attached hydrogens (tertiary/aromatic N) is 9. The smallest absolute Gasteiger partial charge is 0.276 e. The van der Waals surface area contributed by atoms with Crippen molar-refractivity contribution in [2.75, 3.05) is 22.1 Å². The summed E-state index contributed by atoms with van der Waals surface area (Å²) in [5.41, 5.74) is 7.05. The van der Waals surface area contributed by atoms with E-state index in [1.54, 1.807) is 37.1 Å². The second-order valence-electron chi connectivity index (χ2n) is 14.2. The molecule has 17 heteroatoms. The molecule has 54 heavy (non-hydrogen) atoms. The molecule has 6 aromatic heterocycles. The van der Waals surface area contributed by atoms with Gasteiger partial charge in [-0.15, -0.1) is 20.4 Å². The van der Waals surface area contributed by atoms with Gasteiger partial charge >= 0.3 is 0 Å². The van der Waals surface area contributed by atoms with Crippen LogP contribution in [0.1, 0.15) is 58.1 Å². The van der Waals surface area contributed by atoms with Crippen LogP contribution in [0.2, 0.25) is 0 Å². The minimum absolute atomic E-state index is 0.00253. The van der Waals surface area contributed by atoms with Gasteiger partial charge in [0.15, 0.2) is 0 Å². The highest BCUT2D eigenvalue weighted by atomic mass is 79.9. The zero-order chi connectivity index (χ0) is 38.5. The van der Waals surface area contributed by atoms with Crippen LogP contribution in [0, 0.1) is 19.3 Å². The summed E-state index contributed by atoms with van der Waals surface area (Å²) in [4.78, 5) is 44.9. The minimum Gasteiger partial charge on any atom is -0.339 e. The Morgan fingerprint density at radius 3 is 2.09 bits per heavy atom. The second-order valence-corrected chi connectivity index (χ2v) is 17.5. The fraction of sp³-hybridized carbons (Fsp3) is 0.351. The molecule has 0 radical (unpaired) electrons. The van der Waals surface area contributed by atoms with Crippen LogP contribution >= 0.6 is 38.6 Å². The molecule has 0 fully saturated rings. The molecule has 7 heterocycles. The van der Waals surface area contributed by atoms with Gasteiger partial charge in [0.25, 0.3) is 17.0 Å². The lowest BCUT2D eigenvalue weighted by molar-refractivity contribution is 0.0963. The topological polar surface area (TPSA) is 158 Å². The monoisotopic (exact) mass is 829 g/mol. The first-order valence-corrected chi connectivity index (χ1v) is 19.9. The molecular formula is C37H40BrN11O3S2. The number of hydrogen-bond donors (Lipinski definition) is 2. The van der Waals surface area contributed by atoms with E-state index in [1.165, 1.54) is 38.5 Å². The number of aryl methyl sites for hydroxylation is 4. The van der Waals surface area contributed by atoms with E-state index >= 15 is 0 Å². The van der Waals surface area contributed by atoms with Crippen molar-refractivity contribution >= 4 is 72.0 Å². The third kappa shape index (κ3) is 7.39. The average Bonchev–Trinajstić information content (AvgIpc) is 3.89. The number of fused-ring (bicyclic) bond motifs is 3. The van der Waals surface area contributed by atoms with Gasteiger partial charge in [0.1, 0.15) is 32.9 Å². The first-order chi connectivity index (χ1) is 25.7. The maximum absolute atomic E-state index is 13.8. The van der Waals surface area contributed by atoms with E-state index < -0.39 is 0 Å². The van der Waals surface area contributed by atoms with E-state index in [-0.39, 0.29) is 22.4 Å². The Morgan fingerprint density at radius 2 is 1.48 bits per heavy atom. The molecule has 0 unspecified atom stereocenters. The van der Waals surface area contributed by atoms with Gasteiger partial charge in [-0.1, -0.05) is 43.4 Å². The summed E-state index contributed by atoms with van der Waals surface area (Å²) in [6.45, 7) is 11.7. The molecule has 2 aliphatic rings. The molecule has 0 saturated carbocycles. The van der Waals surface area contributed by atoms with Gasteiger partial charge < -0.3 is 24.3 Å². The average molecular weight is 831 g/mol. The number of rotatable bonds is 7. The molecule has 280 valence electrons. The maximum atomic E-state index is 13.8. The van der Waals surface area contributed by atoms with E-state index in [9.17, 15) is 14.4 Å². The third-order valence-corrected chi connectivity index (χ3v) is 11.4. The van der Waals surface area contributed by atoms with Crippen LogP contribution in [0.3, 0.4) is 0 Å². The molecular weight excluding hydrogens is 791 g/mol. The normalized spacial score (nSPS) is 14.4. The molecule has 0 atom stereocenters. The van der Waals surface area contributed by atoms with Gasteiger partial charge in [-0.2, -0.15) is 0 Å². The van der Waals surface area contributed by atoms with Crippen molar-refractivity contribution < 1.29 is 4.79 Å². The van der Waals surface area contributed by atoms with Gasteiger partial charge in [-0.25, -0.2) is 4.98 Å². The summed E-state index contributed by atoms with van der Waals surface area (Å²) < 4.78 is 6.12. The largest absolute Gasteiger partial charge is 0.339 e. The molecule has 2 N–H and O–H groups in total. The Bertz CT molecular complexity index is 2530. The predicted molar refractivity (Wildman–Crippen MR) is 217 cm³/mol. The highest BCUT2D eigenvalue weighted by Gasteiger charge is 2.37. The lowest BCUT2D eigenvalue weighted by atomic mass is 9.90. The van der Waals surface area contributed by atoms with E-state index in [2.05, 4.69) is 78.4 Å². The number of nitrogens with one attached hydrogen (secondary N) is 2. The summed E-state index contributed by atoms with van der Waals surface area (Å²) in [6.07, 6.45) is 7.98. The molecule has 0 saturated heterocycles. The Balaban J connectivity index is 0.000000235. The molecule has 1 amide bonds. The first-order valence-electron chi connectivity index (χ1n) is 17.4. The number of carbonyl (C=O) groups excluding carboxylic acids is 1. The zero-order valence-electron chi connectivity index (χ0n) is 31.0. The Kier molecular flexibility index (Phi) is 10.1. The summed E-state index contributed by atoms with van der Waals surface area (Å²) in [6, 6.07) is 7.61. The first kappa shape index (κ1) is 37.3. The Morgan fingerprint density at radius 1 is 0.852 bits per heavy atom. The van der Waals surface area contributed by atoms with Crippen LogP contribution in [0.5, 0.6) is 0 Å².